The number of carbonyl (C=O) groups is 1. The number of hydrogen-bond donors (Lipinski definition) is 2. The Morgan fingerprint density at radius 1 is 1.53 bits per heavy atom. The van der Waals surface area contributed by atoms with Crippen LogP contribution in [-0.2, 0) is 6.54 Å². The maximum atomic E-state index is 10.8. The van der Waals surface area contributed by atoms with E-state index >= 15 is 0 Å². The monoisotopic (exact) mass is 268 g/mol. The van der Waals surface area contributed by atoms with Crippen molar-refractivity contribution in [2.24, 2.45) is 0 Å². The molecule has 6 heteroatoms. The molecule has 0 amide bonds. The standard InChI is InChI=1S/C11H9ClN2O2S/c12-10-3-7(1-2-9(10)11(15)16)13-4-8-5-17-6-14-8/h1-3,5-6,13H,4H2,(H,15,16). The molecule has 0 atom stereocenters. The van der Waals surface area contributed by atoms with Gasteiger partial charge in [0.1, 0.15) is 0 Å². The molecule has 0 aliphatic rings. The molecule has 0 unspecified atom stereocenters. The molecule has 2 rings (SSSR count). The van der Waals surface area contributed by atoms with E-state index in [0.29, 0.717) is 6.54 Å². The molecule has 1 aromatic carbocycles. The van der Waals surface area contributed by atoms with Crippen LogP contribution in [0, 0.1) is 0 Å². The Morgan fingerprint density at radius 3 is 2.94 bits per heavy atom. The minimum absolute atomic E-state index is 0.103. The fourth-order valence-electron chi connectivity index (χ4n) is 1.32. The first-order chi connectivity index (χ1) is 8.16. The number of hydrogen-bond acceptors (Lipinski definition) is 4. The molecule has 1 heterocycles. The number of carboxylic acid groups (broad SMARTS) is 1. The van der Waals surface area contributed by atoms with Crippen molar-refractivity contribution in [2.75, 3.05) is 5.32 Å². The fourth-order valence-corrected chi connectivity index (χ4v) is 2.14. The summed E-state index contributed by atoms with van der Waals surface area (Å²) in [7, 11) is 0. The Labute approximate surface area is 107 Å². The Kier molecular flexibility index (Phi) is 3.61. The van der Waals surface area contributed by atoms with Gasteiger partial charge in [0.25, 0.3) is 0 Å². The molecule has 2 aromatic rings. The molecule has 0 aliphatic carbocycles. The predicted octanol–water partition coefficient (Wildman–Crippen LogP) is 3.11. The van der Waals surface area contributed by atoms with Gasteiger partial charge in [0.05, 0.1) is 28.3 Å². The average Bonchev–Trinajstić information content (AvgIpc) is 2.78. The first-order valence-corrected chi connectivity index (χ1v) is 6.12. The molecule has 0 fully saturated rings. The predicted molar refractivity (Wildman–Crippen MR) is 67.9 cm³/mol. The van der Waals surface area contributed by atoms with Crippen LogP contribution >= 0.6 is 22.9 Å². The minimum atomic E-state index is -1.03. The van der Waals surface area contributed by atoms with Gasteiger partial charge in [0.2, 0.25) is 0 Å². The highest BCUT2D eigenvalue weighted by atomic mass is 35.5. The van der Waals surface area contributed by atoms with Gasteiger partial charge < -0.3 is 10.4 Å². The van der Waals surface area contributed by atoms with E-state index in [-0.39, 0.29) is 10.6 Å². The maximum absolute atomic E-state index is 10.8. The van der Waals surface area contributed by atoms with Crippen LogP contribution in [0.15, 0.2) is 29.1 Å². The van der Waals surface area contributed by atoms with Gasteiger partial charge in [-0.25, -0.2) is 9.78 Å². The van der Waals surface area contributed by atoms with E-state index in [2.05, 4.69) is 10.3 Å². The van der Waals surface area contributed by atoms with Crippen molar-refractivity contribution in [2.45, 2.75) is 6.54 Å². The zero-order chi connectivity index (χ0) is 12.3. The third kappa shape index (κ3) is 2.95. The Hall–Kier alpha value is -1.59. The normalized spacial score (nSPS) is 10.2. The number of thiazole rings is 1. The lowest BCUT2D eigenvalue weighted by Crippen LogP contribution is -2.02. The number of carboxylic acids is 1. The number of nitrogens with one attached hydrogen (secondary N) is 1. The van der Waals surface area contributed by atoms with Crippen LogP contribution in [0.1, 0.15) is 16.1 Å². The highest BCUT2D eigenvalue weighted by molar-refractivity contribution is 7.07. The van der Waals surface area contributed by atoms with Gasteiger partial charge in [-0.15, -0.1) is 11.3 Å². The van der Waals surface area contributed by atoms with Gasteiger partial charge in [0, 0.05) is 11.1 Å². The summed E-state index contributed by atoms with van der Waals surface area (Å²) in [6.45, 7) is 0.590. The summed E-state index contributed by atoms with van der Waals surface area (Å²) in [6, 6.07) is 4.76. The lowest BCUT2D eigenvalue weighted by Gasteiger charge is -2.06. The van der Waals surface area contributed by atoms with Crippen molar-refractivity contribution in [1.29, 1.82) is 0 Å². The Morgan fingerprint density at radius 2 is 2.35 bits per heavy atom. The average molecular weight is 269 g/mol. The molecule has 88 valence electrons. The molecule has 17 heavy (non-hydrogen) atoms. The van der Waals surface area contributed by atoms with Crippen LogP contribution in [0.5, 0.6) is 0 Å². The maximum Gasteiger partial charge on any atom is 0.337 e. The van der Waals surface area contributed by atoms with Crippen LogP contribution in [0.25, 0.3) is 0 Å². The smallest absolute Gasteiger partial charge is 0.337 e. The number of benzene rings is 1. The molecule has 0 spiro atoms. The summed E-state index contributed by atoms with van der Waals surface area (Å²) in [5, 5.41) is 14.1. The lowest BCUT2D eigenvalue weighted by molar-refractivity contribution is 0.0697. The molecule has 0 radical (unpaired) electrons. The number of halogens is 1. The van der Waals surface area contributed by atoms with E-state index in [1.165, 1.54) is 17.4 Å². The van der Waals surface area contributed by atoms with Crippen LogP contribution in [0.3, 0.4) is 0 Å². The molecule has 1 aromatic heterocycles. The van der Waals surface area contributed by atoms with E-state index in [9.17, 15) is 4.79 Å². The van der Waals surface area contributed by atoms with Crippen molar-refractivity contribution >= 4 is 34.6 Å². The second kappa shape index (κ2) is 5.16. The summed E-state index contributed by atoms with van der Waals surface area (Å²) >= 11 is 7.38. The quantitative estimate of drug-likeness (QED) is 0.894. The first-order valence-electron chi connectivity index (χ1n) is 4.80. The van der Waals surface area contributed by atoms with Gasteiger partial charge >= 0.3 is 5.97 Å². The number of aromatic nitrogens is 1. The van der Waals surface area contributed by atoms with E-state index in [1.807, 2.05) is 5.38 Å². The van der Waals surface area contributed by atoms with E-state index in [4.69, 9.17) is 16.7 Å². The number of aromatic carboxylic acids is 1. The largest absolute Gasteiger partial charge is 0.478 e. The SMILES string of the molecule is O=C(O)c1ccc(NCc2cscn2)cc1Cl. The summed E-state index contributed by atoms with van der Waals surface area (Å²) in [6.07, 6.45) is 0. The molecule has 0 aliphatic heterocycles. The molecule has 4 nitrogen and oxygen atoms in total. The highest BCUT2D eigenvalue weighted by Crippen LogP contribution is 2.21. The summed E-state index contributed by atoms with van der Waals surface area (Å²) in [4.78, 5) is 14.9. The van der Waals surface area contributed by atoms with Crippen LogP contribution in [0.2, 0.25) is 5.02 Å². The topological polar surface area (TPSA) is 62.2 Å². The van der Waals surface area contributed by atoms with E-state index in [1.54, 1.807) is 17.6 Å². The molecule has 0 bridgehead atoms. The highest BCUT2D eigenvalue weighted by Gasteiger charge is 2.08. The van der Waals surface area contributed by atoms with Crippen molar-refractivity contribution in [1.82, 2.24) is 4.98 Å². The summed E-state index contributed by atoms with van der Waals surface area (Å²) < 4.78 is 0. The molecule has 0 saturated carbocycles. The first kappa shape index (κ1) is 11.9. The van der Waals surface area contributed by atoms with Gasteiger partial charge in [-0.05, 0) is 18.2 Å². The van der Waals surface area contributed by atoms with Gasteiger partial charge in [-0.3, -0.25) is 0 Å². The third-order valence-corrected chi connectivity index (χ3v) is 3.10. The van der Waals surface area contributed by atoms with Gasteiger partial charge in [0.15, 0.2) is 0 Å². The number of rotatable bonds is 4. The van der Waals surface area contributed by atoms with Crippen molar-refractivity contribution < 1.29 is 9.90 Å². The Bertz CT molecular complexity index is 528. The van der Waals surface area contributed by atoms with E-state index < -0.39 is 5.97 Å². The lowest BCUT2D eigenvalue weighted by atomic mass is 10.2. The van der Waals surface area contributed by atoms with Gasteiger partial charge in [-0.1, -0.05) is 11.6 Å². The van der Waals surface area contributed by atoms with Gasteiger partial charge in [-0.2, -0.15) is 0 Å². The number of nitrogens with zero attached hydrogens (tertiary/aromatic N) is 1. The van der Waals surface area contributed by atoms with E-state index in [0.717, 1.165) is 11.4 Å². The zero-order valence-corrected chi connectivity index (χ0v) is 10.3. The molecule has 0 saturated heterocycles. The van der Waals surface area contributed by atoms with Crippen LogP contribution < -0.4 is 5.32 Å². The van der Waals surface area contributed by atoms with Crippen molar-refractivity contribution in [3.05, 3.63) is 45.4 Å². The summed E-state index contributed by atoms with van der Waals surface area (Å²) in [5.41, 5.74) is 3.57. The summed E-state index contributed by atoms with van der Waals surface area (Å²) in [5.74, 6) is -1.03. The number of anilines is 1. The molecule has 2 N–H and O–H groups in total. The zero-order valence-electron chi connectivity index (χ0n) is 8.68. The van der Waals surface area contributed by atoms with Crippen molar-refractivity contribution in [3.63, 3.8) is 0 Å². The minimum Gasteiger partial charge on any atom is -0.478 e. The van der Waals surface area contributed by atoms with Crippen LogP contribution in [-0.4, -0.2) is 16.1 Å². The second-order valence-electron chi connectivity index (χ2n) is 3.33. The third-order valence-electron chi connectivity index (χ3n) is 2.16. The second-order valence-corrected chi connectivity index (χ2v) is 4.46. The Balaban J connectivity index is 2.07. The fraction of sp³-hybridized carbons (Fsp3) is 0.0909. The van der Waals surface area contributed by atoms with Crippen molar-refractivity contribution in [3.8, 4) is 0 Å². The molecular formula is C11H9ClN2O2S. The van der Waals surface area contributed by atoms with Crippen LogP contribution in [0.4, 0.5) is 5.69 Å². The molecular weight excluding hydrogens is 260 g/mol.